The molecule has 11 heteroatoms. The minimum absolute atomic E-state index is 0.0205. The van der Waals surface area contributed by atoms with E-state index in [2.05, 4.69) is 5.48 Å². The molecule has 3 rings (SSSR count). The summed E-state index contributed by atoms with van der Waals surface area (Å²) >= 11 is 11.9. The van der Waals surface area contributed by atoms with Gasteiger partial charge in [0.2, 0.25) is 0 Å². The second-order valence-electron chi connectivity index (χ2n) is 6.16. The van der Waals surface area contributed by atoms with Crippen LogP contribution in [0.3, 0.4) is 0 Å². The van der Waals surface area contributed by atoms with Gasteiger partial charge in [0.15, 0.2) is 0 Å². The second kappa shape index (κ2) is 9.42. The van der Waals surface area contributed by atoms with E-state index >= 15 is 0 Å². The summed E-state index contributed by atoms with van der Waals surface area (Å²) < 4.78 is 43.8. The normalized spacial score (nSPS) is 11.3. The van der Waals surface area contributed by atoms with Gasteiger partial charge in [0, 0.05) is 17.2 Å². The molecule has 0 radical (unpaired) electrons. The standard InChI is InChI=1S/C20H13Cl2F3N2O4/c21-15-4-2-1-3-12(15)11-30-26-17-10-14(6-7-18(17)27(28)29)31-19-8-5-13(9-16(19)22)20(23,24)25/h1-10,26H,11H2. The SMILES string of the molecule is O=[N+]([O-])c1ccc(Oc2ccc(C(F)(F)F)cc2Cl)cc1NOCc1ccccc1Cl. The topological polar surface area (TPSA) is 73.6 Å². The first kappa shape index (κ1) is 22.7. The molecule has 0 aromatic heterocycles. The number of nitrogens with one attached hydrogen (secondary N) is 1. The minimum atomic E-state index is -4.55. The maximum atomic E-state index is 12.8. The van der Waals surface area contributed by atoms with Gasteiger partial charge in [0.1, 0.15) is 23.8 Å². The molecular weight excluding hydrogens is 460 g/mol. The predicted octanol–water partition coefficient (Wildman–Crippen LogP) is 7.26. The fourth-order valence-electron chi connectivity index (χ4n) is 2.51. The van der Waals surface area contributed by atoms with E-state index in [0.29, 0.717) is 10.6 Å². The van der Waals surface area contributed by atoms with E-state index < -0.39 is 16.7 Å². The molecule has 0 amide bonds. The Morgan fingerprint density at radius 3 is 2.39 bits per heavy atom. The number of ether oxygens (including phenoxy) is 1. The van der Waals surface area contributed by atoms with Crippen LogP contribution in [-0.4, -0.2) is 4.92 Å². The number of hydrogen-bond acceptors (Lipinski definition) is 5. The molecule has 3 aromatic carbocycles. The first-order valence-electron chi connectivity index (χ1n) is 8.59. The molecule has 162 valence electrons. The summed E-state index contributed by atoms with van der Waals surface area (Å²) in [6.07, 6.45) is -4.55. The maximum absolute atomic E-state index is 12.8. The largest absolute Gasteiger partial charge is 0.456 e. The van der Waals surface area contributed by atoms with Crippen LogP contribution in [0.5, 0.6) is 11.5 Å². The molecule has 3 aromatic rings. The second-order valence-corrected chi connectivity index (χ2v) is 6.98. The predicted molar refractivity (Wildman–Crippen MR) is 109 cm³/mol. The lowest BCUT2D eigenvalue weighted by Gasteiger charge is -2.13. The molecule has 31 heavy (non-hydrogen) atoms. The van der Waals surface area contributed by atoms with Crippen LogP contribution in [0.15, 0.2) is 60.7 Å². The molecule has 0 bridgehead atoms. The van der Waals surface area contributed by atoms with Crippen LogP contribution in [0, 0.1) is 10.1 Å². The van der Waals surface area contributed by atoms with Crippen molar-refractivity contribution >= 4 is 34.6 Å². The third-order valence-corrected chi connectivity index (χ3v) is 4.68. The molecule has 0 saturated carbocycles. The van der Waals surface area contributed by atoms with Crippen LogP contribution in [-0.2, 0) is 17.6 Å². The Morgan fingerprint density at radius 1 is 1.00 bits per heavy atom. The Balaban J connectivity index is 1.78. The van der Waals surface area contributed by atoms with Crippen molar-refractivity contribution in [2.24, 2.45) is 0 Å². The number of nitro groups is 1. The van der Waals surface area contributed by atoms with E-state index in [1.54, 1.807) is 24.3 Å². The number of benzene rings is 3. The molecule has 0 fully saturated rings. The van der Waals surface area contributed by atoms with Crippen molar-refractivity contribution in [2.75, 3.05) is 5.48 Å². The molecule has 0 heterocycles. The fourth-order valence-corrected chi connectivity index (χ4v) is 2.92. The average Bonchev–Trinajstić information content (AvgIpc) is 2.70. The molecule has 0 aliphatic rings. The first-order chi connectivity index (χ1) is 14.6. The number of alkyl halides is 3. The zero-order valence-electron chi connectivity index (χ0n) is 15.5. The van der Waals surface area contributed by atoms with Crippen LogP contribution in [0.1, 0.15) is 11.1 Å². The number of nitro benzene ring substituents is 1. The molecule has 0 atom stereocenters. The Kier molecular flexibility index (Phi) is 6.89. The van der Waals surface area contributed by atoms with Crippen molar-refractivity contribution in [1.29, 1.82) is 0 Å². The van der Waals surface area contributed by atoms with Gasteiger partial charge >= 0.3 is 6.18 Å². The molecule has 1 N–H and O–H groups in total. The molecule has 0 spiro atoms. The molecular formula is C20H13Cl2F3N2O4. The van der Waals surface area contributed by atoms with Gasteiger partial charge in [-0.2, -0.15) is 13.2 Å². The quantitative estimate of drug-likeness (QED) is 0.289. The van der Waals surface area contributed by atoms with Crippen LogP contribution in [0.25, 0.3) is 0 Å². The third kappa shape index (κ3) is 5.78. The monoisotopic (exact) mass is 472 g/mol. The molecule has 0 aliphatic heterocycles. The van der Waals surface area contributed by atoms with Gasteiger partial charge in [0.05, 0.1) is 15.5 Å². The van der Waals surface area contributed by atoms with E-state index in [0.717, 1.165) is 24.3 Å². The lowest BCUT2D eigenvalue weighted by molar-refractivity contribution is -0.384. The fraction of sp³-hybridized carbons (Fsp3) is 0.100. The summed E-state index contributed by atoms with van der Waals surface area (Å²) in [6, 6.07) is 13.2. The number of hydrogen-bond donors (Lipinski definition) is 1. The van der Waals surface area contributed by atoms with Gasteiger partial charge in [-0.05, 0) is 35.9 Å². The van der Waals surface area contributed by atoms with Crippen molar-refractivity contribution in [3.05, 3.63) is 92.0 Å². The summed E-state index contributed by atoms with van der Waals surface area (Å²) in [7, 11) is 0. The van der Waals surface area contributed by atoms with Gasteiger partial charge in [-0.1, -0.05) is 41.4 Å². The Hall–Kier alpha value is -3.01. The lowest BCUT2D eigenvalue weighted by atomic mass is 10.2. The van der Waals surface area contributed by atoms with Crippen molar-refractivity contribution < 1.29 is 27.7 Å². The number of nitrogens with zero attached hydrogens (tertiary/aromatic N) is 1. The number of halogens is 5. The average molecular weight is 473 g/mol. The summed E-state index contributed by atoms with van der Waals surface area (Å²) in [4.78, 5) is 16.0. The molecule has 0 aliphatic carbocycles. The molecule has 0 saturated heterocycles. The Labute approximate surface area is 184 Å². The zero-order chi connectivity index (χ0) is 22.6. The van der Waals surface area contributed by atoms with E-state index in [1.165, 1.54) is 12.1 Å². The van der Waals surface area contributed by atoms with Gasteiger partial charge in [-0.3, -0.25) is 20.4 Å². The van der Waals surface area contributed by atoms with E-state index in [-0.39, 0.29) is 34.5 Å². The summed E-state index contributed by atoms with van der Waals surface area (Å²) in [6.45, 7) is 0.0205. The van der Waals surface area contributed by atoms with Gasteiger partial charge in [-0.25, -0.2) is 0 Å². The van der Waals surface area contributed by atoms with Gasteiger partial charge in [-0.15, -0.1) is 0 Å². The smallest absolute Gasteiger partial charge is 0.416 e. The van der Waals surface area contributed by atoms with E-state index in [9.17, 15) is 23.3 Å². The Bertz CT molecular complexity index is 1110. The minimum Gasteiger partial charge on any atom is -0.456 e. The van der Waals surface area contributed by atoms with Crippen LogP contribution in [0.2, 0.25) is 10.0 Å². The third-order valence-electron chi connectivity index (χ3n) is 4.02. The highest BCUT2D eigenvalue weighted by atomic mass is 35.5. The van der Waals surface area contributed by atoms with Crippen molar-refractivity contribution in [3.63, 3.8) is 0 Å². The van der Waals surface area contributed by atoms with Crippen molar-refractivity contribution in [1.82, 2.24) is 0 Å². The van der Waals surface area contributed by atoms with Crippen LogP contribution < -0.4 is 10.2 Å². The highest BCUT2D eigenvalue weighted by molar-refractivity contribution is 6.32. The van der Waals surface area contributed by atoms with Crippen molar-refractivity contribution in [3.8, 4) is 11.5 Å². The highest BCUT2D eigenvalue weighted by Crippen LogP contribution is 2.38. The summed E-state index contributed by atoms with van der Waals surface area (Å²) in [5.74, 6) is 0.0440. The van der Waals surface area contributed by atoms with Crippen LogP contribution in [0.4, 0.5) is 24.5 Å². The maximum Gasteiger partial charge on any atom is 0.416 e. The highest BCUT2D eigenvalue weighted by Gasteiger charge is 2.31. The first-order valence-corrected chi connectivity index (χ1v) is 9.35. The van der Waals surface area contributed by atoms with Gasteiger partial charge < -0.3 is 4.74 Å². The van der Waals surface area contributed by atoms with Crippen molar-refractivity contribution in [2.45, 2.75) is 12.8 Å². The summed E-state index contributed by atoms with van der Waals surface area (Å²) in [5.41, 5.74) is 1.88. The van der Waals surface area contributed by atoms with E-state index in [4.69, 9.17) is 32.8 Å². The van der Waals surface area contributed by atoms with Crippen LogP contribution >= 0.6 is 23.2 Å². The summed E-state index contributed by atoms with van der Waals surface area (Å²) in [5, 5.41) is 11.5. The zero-order valence-corrected chi connectivity index (χ0v) is 17.0. The Morgan fingerprint density at radius 2 is 1.74 bits per heavy atom. The number of rotatable bonds is 7. The van der Waals surface area contributed by atoms with Gasteiger partial charge in [0.25, 0.3) is 5.69 Å². The van der Waals surface area contributed by atoms with E-state index in [1.807, 2.05) is 0 Å². The molecule has 0 unspecified atom stereocenters. The number of anilines is 1. The lowest BCUT2D eigenvalue weighted by Crippen LogP contribution is -2.05. The molecule has 6 nitrogen and oxygen atoms in total.